The second kappa shape index (κ2) is 6.20. The fourth-order valence-electron chi connectivity index (χ4n) is 1.64. The third-order valence-electron chi connectivity index (χ3n) is 2.59. The highest BCUT2D eigenvalue weighted by Gasteiger charge is 2.28. The van der Waals surface area contributed by atoms with Crippen LogP contribution in [0.25, 0.3) is 0 Å². The van der Waals surface area contributed by atoms with Crippen molar-refractivity contribution < 1.29 is 14.8 Å². The van der Waals surface area contributed by atoms with Gasteiger partial charge in [0.05, 0.1) is 6.61 Å². The zero-order valence-electron chi connectivity index (χ0n) is 10.00. The summed E-state index contributed by atoms with van der Waals surface area (Å²) in [5.41, 5.74) is 0.539. The minimum Gasteiger partial charge on any atom is -0.494 e. The number of hydrogen-bond donors (Lipinski definition) is 1. The molecule has 1 rings (SSSR count). The number of nitrogens with zero attached hydrogens (tertiary/aromatic N) is 1. The summed E-state index contributed by atoms with van der Waals surface area (Å²) >= 11 is 0. The number of benzene rings is 1. The number of rotatable bonds is 6. The normalized spacial score (nSPS) is 14.1. The van der Waals surface area contributed by atoms with Gasteiger partial charge in [0.25, 0.3) is 0 Å². The van der Waals surface area contributed by atoms with Crippen LogP contribution in [0.5, 0.6) is 5.75 Å². The lowest BCUT2D eigenvalue weighted by atomic mass is 10.0. The van der Waals surface area contributed by atoms with Gasteiger partial charge in [0.15, 0.2) is 0 Å². The van der Waals surface area contributed by atoms with E-state index in [9.17, 15) is 15.2 Å². The maximum Gasteiger partial charge on any atom is 0.242 e. The molecule has 0 heterocycles. The lowest BCUT2D eigenvalue weighted by Crippen LogP contribution is -2.26. The molecule has 1 aromatic carbocycles. The minimum atomic E-state index is -1.08. The number of aliphatic hydroxyl groups is 1. The van der Waals surface area contributed by atoms with Crippen molar-refractivity contribution in [2.24, 2.45) is 0 Å². The Bertz CT molecular complexity index is 363. The lowest BCUT2D eigenvalue weighted by molar-refractivity contribution is -0.536. The molecule has 0 aliphatic carbocycles. The first-order valence-electron chi connectivity index (χ1n) is 5.64. The fraction of sp³-hybridized carbons (Fsp3) is 0.500. The number of nitro groups is 1. The summed E-state index contributed by atoms with van der Waals surface area (Å²) in [5, 5.41) is 20.6. The second-order valence-electron chi connectivity index (χ2n) is 3.71. The molecule has 0 saturated carbocycles. The van der Waals surface area contributed by atoms with Crippen molar-refractivity contribution >= 4 is 0 Å². The van der Waals surface area contributed by atoms with Gasteiger partial charge in [0.1, 0.15) is 11.9 Å². The van der Waals surface area contributed by atoms with Gasteiger partial charge in [-0.05, 0) is 24.6 Å². The molecule has 2 atom stereocenters. The Morgan fingerprint density at radius 2 is 1.94 bits per heavy atom. The van der Waals surface area contributed by atoms with Gasteiger partial charge in [-0.15, -0.1) is 0 Å². The maximum absolute atomic E-state index is 10.7. The first kappa shape index (κ1) is 13.4. The van der Waals surface area contributed by atoms with Crippen LogP contribution in [0.1, 0.15) is 31.9 Å². The van der Waals surface area contributed by atoms with Gasteiger partial charge >= 0.3 is 0 Å². The van der Waals surface area contributed by atoms with Crippen molar-refractivity contribution in [3.05, 3.63) is 39.9 Å². The van der Waals surface area contributed by atoms with E-state index in [1.807, 2.05) is 6.92 Å². The van der Waals surface area contributed by atoms with Crippen LogP contribution in [-0.4, -0.2) is 22.7 Å². The van der Waals surface area contributed by atoms with E-state index in [1.165, 1.54) is 0 Å². The summed E-state index contributed by atoms with van der Waals surface area (Å²) in [5.74, 6) is 0.692. The molecule has 5 nitrogen and oxygen atoms in total. The second-order valence-corrected chi connectivity index (χ2v) is 3.71. The Labute approximate surface area is 100 Å². The zero-order chi connectivity index (χ0) is 12.8. The molecule has 17 heavy (non-hydrogen) atoms. The summed E-state index contributed by atoms with van der Waals surface area (Å²) in [6.45, 7) is 4.13. The van der Waals surface area contributed by atoms with E-state index in [4.69, 9.17) is 4.74 Å². The van der Waals surface area contributed by atoms with Gasteiger partial charge in [-0.3, -0.25) is 10.1 Å². The first-order valence-corrected chi connectivity index (χ1v) is 5.64. The molecule has 5 heteroatoms. The predicted octanol–water partition coefficient (Wildman–Crippen LogP) is 2.17. The van der Waals surface area contributed by atoms with E-state index in [0.717, 1.165) is 0 Å². The SMILES string of the molecule is CCOc1ccc(C(O)[C@H](CC)[N+](=O)[O-])cc1. The van der Waals surface area contributed by atoms with Crippen molar-refractivity contribution in [1.82, 2.24) is 0 Å². The van der Waals surface area contributed by atoms with Crippen LogP contribution < -0.4 is 4.74 Å². The highest BCUT2D eigenvalue weighted by atomic mass is 16.6. The fourth-order valence-corrected chi connectivity index (χ4v) is 1.64. The van der Waals surface area contributed by atoms with Crippen LogP contribution in [-0.2, 0) is 0 Å². The molecule has 1 N–H and O–H groups in total. The van der Waals surface area contributed by atoms with Crippen LogP contribution in [0.2, 0.25) is 0 Å². The van der Waals surface area contributed by atoms with Crippen molar-refractivity contribution in [3.8, 4) is 5.75 Å². The predicted molar refractivity (Wildman–Crippen MR) is 63.6 cm³/mol. The average molecular weight is 239 g/mol. The molecular formula is C12H17NO4. The standard InChI is InChI=1S/C12H17NO4/c1-3-11(13(15)16)12(14)9-5-7-10(8-6-9)17-4-2/h5-8,11-12,14H,3-4H2,1-2H3/t11-,12?/m0/s1. The molecule has 0 radical (unpaired) electrons. The third kappa shape index (κ3) is 3.42. The van der Waals surface area contributed by atoms with Crippen molar-refractivity contribution in [3.63, 3.8) is 0 Å². The van der Waals surface area contributed by atoms with E-state index in [0.29, 0.717) is 24.3 Å². The van der Waals surface area contributed by atoms with Crippen LogP contribution in [0.4, 0.5) is 0 Å². The summed E-state index contributed by atoms with van der Waals surface area (Å²) in [6, 6.07) is 5.75. The van der Waals surface area contributed by atoms with E-state index < -0.39 is 17.1 Å². The molecule has 0 spiro atoms. The monoisotopic (exact) mass is 239 g/mol. The molecule has 0 saturated heterocycles. The van der Waals surface area contributed by atoms with E-state index in [2.05, 4.69) is 0 Å². The Morgan fingerprint density at radius 3 is 2.35 bits per heavy atom. The minimum absolute atomic E-state index is 0.293. The Hall–Kier alpha value is -1.62. The molecular weight excluding hydrogens is 222 g/mol. The summed E-state index contributed by atoms with van der Waals surface area (Å²) in [7, 11) is 0. The molecule has 0 fully saturated rings. The Morgan fingerprint density at radius 1 is 1.35 bits per heavy atom. The van der Waals surface area contributed by atoms with Gasteiger partial charge in [0, 0.05) is 11.3 Å². The summed E-state index contributed by atoms with van der Waals surface area (Å²) in [6.07, 6.45) is -0.785. The third-order valence-corrected chi connectivity index (χ3v) is 2.59. The number of hydrogen-bond acceptors (Lipinski definition) is 4. The molecule has 0 aliphatic heterocycles. The zero-order valence-corrected chi connectivity index (χ0v) is 10.00. The van der Waals surface area contributed by atoms with Crippen LogP contribution >= 0.6 is 0 Å². The highest BCUT2D eigenvalue weighted by molar-refractivity contribution is 5.28. The van der Waals surface area contributed by atoms with Gasteiger partial charge in [0.2, 0.25) is 6.04 Å². The maximum atomic E-state index is 10.7. The van der Waals surface area contributed by atoms with E-state index in [1.54, 1.807) is 31.2 Å². The van der Waals surface area contributed by atoms with E-state index >= 15 is 0 Å². The Kier molecular flexibility index (Phi) is 4.90. The highest BCUT2D eigenvalue weighted by Crippen LogP contribution is 2.23. The van der Waals surface area contributed by atoms with Gasteiger partial charge in [-0.1, -0.05) is 19.1 Å². The molecule has 0 bridgehead atoms. The lowest BCUT2D eigenvalue weighted by Gasteiger charge is -2.15. The average Bonchev–Trinajstić information content (AvgIpc) is 2.30. The smallest absolute Gasteiger partial charge is 0.242 e. The van der Waals surface area contributed by atoms with Gasteiger partial charge < -0.3 is 9.84 Å². The van der Waals surface area contributed by atoms with Gasteiger partial charge in [-0.2, -0.15) is 0 Å². The molecule has 1 aromatic rings. The van der Waals surface area contributed by atoms with Crippen molar-refractivity contribution in [2.75, 3.05) is 6.61 Å². The summed E-state index contributed by atoms with van der Waals surface area (Å²) in [4.78, 5) is 10.3. The quantitative estimate of drug-likeness (QED) is 0.610. The first-order chi connectivity index (χ1) is 8.10. The summed E-state index contributed by atoms with van der Waals surface area (Å²) < 4.78 is 5.26. The van der Waals surface area contributed by atoms with Gasteiger partial charge in [-0.25, -0.2) is 0 Å². The molecule has 1 unspecified atom stereocenters. The van der Waals surface area contributed by atoms with Crippen molar-refractivity contribution in [2.45, 2.75) is 32.4 Å². The number of aliphatic hydroxyl groups excluding tert-OH is 1. The van der Waals surface area contributed by atoms with E-state index in [-0.39, 0.29) is 0 Å². The molecule has 0 amide bonds. The van der Waals surface area contributed by atoms with Crippen LogP contribution in [0, 0.1) is 10.1 Å². The largest absolute Gasteiger partial charge is 0.494 e. The van der Waals surface area contributed by atoms with Crippen molar-refractivity contribution in [1.29, 1.82) is 0 Å². The molecule has 0 aliphatic rings. The Balaban J connectivity index is 2.81. The topological polar surface area (TPSA) is 72.6 Å². The van der Waals surface area contributed by atoms with Crippen LogP contribution in [0.3, 0.4) is 0 Å². The number of ether oxygens (including phenoxy) is 1. The van der Waals surface area contributed by atoms with Crippen LogP contribution in [0.15, 0.2) is 24.3 Å². The molecule has 94 valence electrons. The molecule has 0 aromatic heterocycles.